The Hall–Kier alpha value is -20.0. The smallest absolute Gasteiger partial charge is 0.165 e. The molecule has 666 valence electrons. The molecule has 0 aliphatic heterocycles. The molecule has 0 saturated heterocycles. The summed E-state index contributed by atoms with van der Waals surface area (Å²) >= 11 is 5.34. The molecule has 27 rings (SSSR count). The Labute approximate surface area is 833 Å². The van der Waals surface area contributed by atoms with Crippen LogP contribution in [0.25, 0.3) is 245 Å². The minimum Gasteiger partial charge on any atom is -0.308 e. The van der Waals surface area contributed by atoms with Gasteiger partial charge >= 0.3 is 0 Å². The molecule has 21 heteroatoms. The Bertz CT molecular complexity index is 9870. The van der Waals surface area contributed by atoms with E-state index in [2.05, 4.69) is 196 Å². The largest absolute Gasteiger partial charge is 0.308 e. The zero-order chi connectivity index (χ0) is 96.6. The molecule has 0 radical (unpaired) electrons. The molecule has 144 heavy (non-hydrogen) atoms. The van der Waals surface area contributed by atoms with Crippen LogP contribution in [0, 0.1) is 68.0 Å². The third-order valence-corrected chi connectivity index (χ3v) is 29.8. The molecule has 0 N–H and O–H groups in total. The molecule has 0 spiro atoms. The van der Waals surface area contributed by atoms with Crippen LogP contribution in [-0.2, 0) is 0 Å². The standard InChI is InChI=1S/3C41H22N6S/c42-23-31-29(41-45-39(25-11-3-1-4-12-25)44-40(46-41)26-13-5-2-6-14-26)20-21-34(32(31)24-43)47-33-17-9-7-16-30(33)37-35(47)22-19-28-27-15-8-10-18-36(27)48-38(28)37;42-23-32-29(41-45-39(25-11-3-1-4-12-25)44-40(46-41)26-13-5-2-6-14-26)19-20-35(33(32)24-43)47-34-17-9-7-15-27(34)30-22-38-31(21-36(30)47)28-16-8-10-18-37(28)48-38;42-23-30-27(41-45-39(25-11-3-1-4-12-25)44-40(46-41)26-13-5-2-6-14-26)19-20-33(31(30)24-43)47-32-17-9-7-15-28(32)37-34(47)21-22-36-38(37)29-16-8-10-18-35(29)48-36/h3*1-22H. The number of hydrogen-bond donors (Lipinski definition) is 0. The van der Waals surface area contributed by atoms with Gasteiger partial charge in [0.1, 0.15) is 36.4 Å². The van der Waals surface area contributed by atoms with Crippen LogP contribution >= 0.6 is 34.0 Å². The fourth-order valence-electron chi connectivity index (χ4n) is 19.8. The predicted molar refractivity (Wildman–Crippen MR) is 578 cm³/mol. The molecule has 0 unspecified atom stereocenters. The van der Waals surface area contributed by atoms with E-state index >= 15 is 0 Å². The molecule has 9 heterocycles. The van der Waals surface area contributed by atoms with Crippen molar-refractivity contribution in [3.05, 3.63) is 434 Å². The number of rotatable bonds is 12. The number of nitriles is 6. The highest BCUT2D eigenvalue weighted by Crippen LogP contribution is 2.49. The number of hydrogen-bond acceptors (Lipinski definition) is 18. The van der Waals surface area contributed by atoms with Crippen LogP contribution in [-0.4, -0.2) is 58.6 Å². The summed E-state index contributed by atoms with van der Waals surface area (Å²) in [6, 6.07) is 147. The van der Waals surface area contributed by atoms with Gasteiger partial charge in [-0.3, -0.25) is 0 Å². The number of aromatic nitrogens is 12. The van der Waals surface area contributed by atoms with E-state index < -0.39 is 0 Å². The number of nitrogens with zero attached hydrogens (tertiary/aromatic N) is 18. The first-order chi connectivity index (χ1) is 71.2. The molecule has 18 aromatic carbocycles. The van der Waals surface area contributed by atoms with E-state index in [1.807, 2.05) is 255 Å². The summed E-state index contributed by atoms with van der Waals surface area (Å²) in [5.41, 5.74) is 15.5. The lowest BCUT2D eigenvalue weighted by Crippen LogP contribution is -2.05. The lowest BCUT2D eigenvalue weighted by Gasteiger charge is -2.14. The highest BCUT2D eigenvalue weighted by molar-refractivity contribution is 7.27. The molecule has 0 amide bonds. The molecule has 0 saturated carbocycles. The van der Waals surface area contributed by atoms with E-state index in [1.54, 1.807) is 34.0 Å². The van der Waals surface area contributed by atoms with Gasteiger partial charge in [-0.15, -0.1) is 34.0 Å². The van der Waals surface area contributed by atoms with Crippen molar-refractivity contribution in [2.45, 2.75) is 0 Å². The number of para-hydroxylation sites is 3. The van der Waals surface area contributed by atoms with Crippen LogP contribution in [0.15, 0.2) is 400 Å². The average molecular weight is 1890 g/mol. The summed E-state index contributed by atoms with van der Waals surface area (Å²) < 4.78 is 13.6. The summed E-state index contributed by atoms with van der Waals surface area (Å²) in [5, 5.41) is 78.0. The first-order valence-electron chi connectivity index (χ1n) is 46.2. The van der Waals surface area contributed by atoms with E-state index in [-0.39, 0.29) is 33.4 Å². The highest BCUT2D eigenvalue weighted by Gasteiger charge is 2.30. The maximum absolute atomic E-state index is 10.7. The molecule has 0 aliphatic carbocycles. The van der Waals surface area contributed by atoms with E-state index in [1.165, 1.54) is 55.1 Å². The van der Waals surface area contributed by atoms with E-state index in [4.69, 9.17) is 44.9 Å². The number of benzene rings is 18. The van der Waals surface area contributed by atoms with Crippen molar-refractivity contribution in [2.24, 2.45) is 0 Å². The second-order valence-corrected chi connectivity index (χ2v) is 37.5. The Morgan fingerprint density at radius 3 is 0.861 bits per heavy atom. The quantitative estimate of drug-likeness (QED) is 0.110. The van der Waals surface area contributed by atoms with Gasteiger partial charge in [-0.1, -0.05) is 297 Å². The van der Waals surface area contributed by atoms with E-state index in [0.717, 1.165) is 104 Å². The molecule has 0 atom stereocenters. The van der Waals surface area contributed by atoms with Gasteiger partial charge in [-0.25, -0.2) is 44.9 Å². The summed E-state index contributed by atoms with van der Waals surface area (Å²) in [4.78, 5) is 43.4. The SMILES string of the molecule is N#Cc1c(-c2nc(-c3ccccc3)nc(-c3ccccc3)n2)ccc(-n2c3ccccc3c3c4c(ccc32)sc2ccccc24)c1C#N.N#Cc1c(-c2nc(-c3ccccc3)nc(-c3ccccc3)n2)ccc(-n2c3ccccc3c3c4sc5ccccc5c4ccc32)c1C#N.N#Cc1c(-c2nc(-c3ccccc3)nc(-c3ccccc3)n2)ccc(-n2c3ccccc3c3cc4sc5ccccc5c4cc32)c1C#N. The van der Waals surface area contributed by atoms with Gasteiger partial charge in [0.25, 0.3) is 0 Å². The highest BCUT2D eigenvalue weighted by atomic mass is 32.1. The average Bonchev–Trinajstić information content (AvgIpc) is 1.56. The van der Waals surface area contributed by atoms with Crippen molar-refractivity contribution in [3.63, 3.8) is 0 Å². The van der Waals surface area contributed by atoms with Crippen molar-refractivity contribution in [2.75, 3.05) is 0 Å². The minimum atomic E-state index is 0.215. The zero-order valence-corrected chi connectivity index (χ0v) is 78.3. The summed E-state index contributed by atoms with van der Waals surface area (Å²) in [6.07, 6.45) is 0. The van der Waals surface area contributed by atoms with Gasteiger partial charge in [-0.2, -0.15) is 31.6 Å². The molecule has 9 aromatic heterocycles. The third-order valence-electron chi connectivity index (χ3n) is 26.3. The van der Waals surface area contributed by atoms with Crippen LogP contribution in [0.1, 0.15) is 33.4 Å². The van der Waals surface area contributed by atoms with Gasteiger partial charge in [0, 0.05) is 143 Å². The van der Waals surface area contributed by atoms with Gasteiger partial charge in [0.15, 0.2) is 52.4 Å². The first kappa shape index (κ1) is 85.6. The van der Waals surface area contributed by atoms with Crippen LogP contribution in [0.3, 0.4) is 0 Å². The second kappa shape index (κ2) is 35.8. The van der Waals surface area contributed by atoms with Crippen molar-refractivity contribution in [1.29, 1.82) is 31.6 Å². The molecular weight excluding hydrogens is 1830 g/mol. The van der Waals surface area contributed by atoms with Gasteiger partial charge in [-0.05, 0) is 103 Å². The minimum absolute atomic E-state index is 0.215. The predicted octanol–water partition coefficient (Wildman–Crippen LogP) is 30.2. The zero-order valence-electron chi connectivity index (χ0n) is 75.9. The van der Waals surface area contributed by atoms with Crippen LogP contribution in [0.4, 0.5) is 0 Å². The topological polar surface area (TPSA) is 274 Å². The monoisotopic (exact) mass is 1890 g/mol. The Balaban J connectivity index is 0.000000113. The molecule has 0 bridgehead atoms. The number of thiophene rings is 3. The van der Waals surface area contributed by atoms with Crippen LogP contribution in [0.5, 0.6) is 0 Å². The first-order valence-corrected chi connectivity index (χ1v) is 48.7. The van der Waals surface area contributed by atoms with Crippen molar-refractivity contribution >= 4 is 160 Å². The Kier molecular flexibility index (Phi) is 21.3. The molecule has 0 fully saturated rings. The number of fused-ring (bicyclic) bond motifs is 20. The van der Waals surface area contributed by atoms with Crippen molar-refractivity contribution < 1.29 is 0 Å². The molecule has 18 nitrogen and oxygen atoms in total. The Morgan fingerprint density at radius 2 is 0.465 bits per heavy atom. The second-order valence-electron chi connectivity index (χ2n) is 34.3. The van der Waals surface area contributed by atoms with Crippen LogP contribution in [0.2, 0.25) is 0 Å². The fourth-order valence-corrected chi connectivity index (χ4v) is 23.3. The van der Waals surface area contributed by atoms with E-state index in [0.29, 0.717) is 86.2 Å². The van der Waals surface area contributed by atoms with Crippen LogP contribution < -0.4 is 0 Å². The molecule has 27 aromatic rings. The van der Waals surface area contributed by atoms with Gasteiger partial charge in [0.2, 0.25) is 0 Å². The van der Waals surface area contributed by atoms with Gasteiger partial charge in [0.05, 0.1) is 83.5 Å². The summed E-state index contributed by atoms with van der Waals surface area (Å²) in [5.74, 6) is 3.91. The lowest BCUT2D eigenvalue weighted by molar-refractivity contribution is 1.07. The summed E-state index contributed by atoms with van der Waals surface area (Å²) in [6.45, 7) is 0. The molecule has 0 aliphatic rings. The summed E-state index contributed by atoms with van der Waals surface area (Å²) in [7, 11) is 0. The van der Waals surface area contributed by atoms with Crippen molar-refractivity contribution in [3.8, 4) is 156 Å². The maximum atomic E-state index is 10.7. The lowest BCUT2D eigenvalue weighted by atomic mass is 9.99. The van der Waals surface area contributed by atoms with Crippen molar-refractivity contribution in [1.82, 2.24) is 58.6 Å². The van der Waals surface area contributed by atoms with E-state index in [9.17, 15) is 31.6 Å². The Morgan fingerprint density at radius 1 is 0.174 bits per heavy atom. The fraction of sp³-hybridized carbons (Fsp3) is 0. The van der Waals surface area contributed by atoms with Gasteiger partial charge < -0.3 is 13.7 Å². The molecular formula is C123H66N18S3. The maximum Gasteiger partial charge on any atom is 0.165 e. The normalized spacial score (nSPS) is 11.3. The third kappa shape index (κ3) is 14.5.